The lowest BCUT2D eigenvalue weighted by Crippen LogP contribution is -2.31. The number of aromatic nitrogens is 1. The number of pyridine rings is 1. The van der Waals surface area contributed by atoms with Crippen LogP contribution in [0.1, 0.15) is 24.6 Å². The molecule has 0 bridgehead atoms. The molecule has 0 saturated carbocycles. The van der Waals surface area contributed by atoms with Crippen LogP contribution in [0.25, 0.3) is 0 Å². The van der Waals surface area contributed by atoms with Crippen LogP contribution in [0.2, 0.25) is 0 Å². The summed E-state index contributed by atoms with van der Waals surface area (Å²) in [5, 5.41) is 0. The number of hydrogen-bond acceptors (Lipinski definition) is 2. The van der Waals surface area contributed by atoms with E-state index in [2.05, 4.69) is 36.0 Å². The van der Waals surface area contributed by atoms with Gasteiger partial charge in [-0.3, -0.25) is 0 Å². The number of nitrogens with zero attached hydrogens (tertiary/aromatic N) is 2. The number of rotatable bonds is 3. The molecule has 15 heavy (non-hydrogen) atoms. The van der Waals surface area contributed by atoms with Crippen LogP contribution < -0.4 is 4.90 Å². The molecule has 2 rings (SSSR count). The van der Waals surface area contributed by atoms with Gasteiger partial charge in [-0.25, -0.2) is 4.98 Å². The van der Waals surface area contributed by atoms with Gasteiger partial charge in [0.25, 0.3) is 0 Å². The van der Waals surface area contributed by atoms with E-state index in [1.165, 1.54) is 24.1 Å². The number of fused-ring (bicyclic) bond motifs is 1. The van der Waals surface area contributed by atoms with Gasteiger partial charge in [0.15, 0.2) is 0 Å². The van der Waals surface area contributed by atoms with Crippen LogP contribution in [0.3, 0.4) is 0 Å². The van der Waals surface area contributed by atoms with Gasteiger partial charge in [-0.2, -0.15) is 0 Å². The van der Waals surface area contributed by atoms with Gasteiger partial charge in [0.1, 0.15) is 5.82 Å². The molecule has 1 aromatic heterocycles. The molecule has 3 heteroatoms. The van der Waals surface area contributed by atoms with Crippen molar-refractivity contribution in [2.45, 2.75) is 32.2 Å². The molecule has 0 aliphatic heterocycles. The molecule has 2 nitrogen and oxygen atoms in total. The summed E-state index contributed by atoms with van der Waals surface area (Å²) in [6, 6.07) is 4.65. The predicted molar refractivity (Wildman–Crippen MR) is 64.8 cm³/mol. The minimum atomic E-state index is 0.332. The monoisotopic (exact) mass is 224 g/mol. The van der Waals surface area contributed by atoms with Crippen molar-refractivity contribution in [1.82, 2.24) is 4.98 Å². The average Bonchev–Trinajstić information content (AvgIpc) is 2.73. The van der Waals surface area contributed by atoms with Gasteiger partial charge in [0.05, 0.1) is 0 Å². The summed E-state index contributed by atoms with van der Waals surface area (Å²) in [4.78, 5) is 6.83. The molecule has 1 aliphatic carbocycles. The van der Waals surface area contributed by atoms with Gasteiger partial charge >= 0.3 is 0 Å². The van der Waals surface area contributed by atoms with Crippen LogP contribution in [0.15, 0.2) is 12.1 Å². The molecule has 0 radical (unpaired) electrons. The Morgan fingerprint density at radius 2 is 2.27 bits per heavy atom. The fourth-order valence-electron chi connectivity index (χ4n) is 1.93. The number of halogens is 1. The first kappa shape index (κ1) is 10.7. The fraction of sp³-hybridized carbons (Fsp3) is 0.583. The third-order valence-electron chi connectivity index (χ3n) is 3.16. The van der Waals surface area contributed by atoms with E-state index >= 15 is 0 Å². The van der Waals surface area contributed by atoms with Crippen LogP contribution in [-0.4, -0.2) is 24.0 Å². The molecule has 0 N–H and O–H groups in total. The first-order chi connectivity index (χ1) is 7.22. The van der Waals surface area contributed by atoms with Crippen molar-refractivity contribution in [2.75, 3.05) is 17.8 Å². The van der Waals surface area contributed by atoms with Crippen molar-refractivity contribution < 1.29 is 0 Å². The lowest BCUT2D eigenvalue weighted by molar-refractivity contribution is 0.746. The van der Waals surface area contributed by atoms with Crippen molar-refractivity contribution in [3.63, 3.8) is 0 Å². The summed E-state index contributed by atoms with van der Waals surface area (Å²) < 4.78 is 0. The summed E-state index contributed by atoms with van der Waals surface area (Å²) in [7, 11) is 2.05. The highest BCUT2D eigenvalue weighted by Crippen LogP contribution is 2.23. The minimum Gasteiger partial charge on any atom is -0.356 e. The molecule has 1 unspecified atom stereocenters. The average molecular weight is 225 g/mol. The topological polar surface area (TPSA) is 16.1 Å². The number of alkyl halides is 1. The molecular weight excluding hydrogens is 208 g/mol. The molecule has 0 aromatic carbocycles. The Kier molecular flexibility index (Phi) is 3.15. The van der Waals surface area contributed by atoms with Crippen LogP contribution in [0.5, 0.6) is 0 Å². The Morgan fingerprint density at radius 1 is 1.47 bits per heavy atom. The van der Waals surface area contributed by atoms with Crippen LogP contribution in [0, 0.1) is 0 Å². The minimum absolute atomic E-state index is 0.332. The van der Waals surface area contributed by atoms with Crippen molar-refractivity contribution >= 4 is 17.4 Å². The van der Waals surface area contributed by atoms with E-state index < -0.39 is 0 Å². The van der Waals surface area contributed by atoms with E-state index in [0.29, 0.717) is 11.9 Å². The summed E-state index contributed by atoms with van der Waals surface area (Å²) in [5.74, 6) is 1.68. The molecule has 0 fully saturated rings. The maximum Gasteiger partial charge on any atom is 0.128 e. The Morgan fingerprint density at radius 3 is 3.00 bits per heavy atom. The third-order valence-corrected chi connectivity index (χ3v) is 3.61. The fourth-order valence-corrected chi connectivity index (χ4v) is 2.14. The van der Waals surface area contributed by atoms with E-state index in [4.69, 9.17) is 11.6 Å². The second kappa shape index (κ2) is 4.40. The third kappa shape index (κ3) is 2.10. The normalized spacial score (nSPS) is 16.2. The number of aryl methyl sites for hydroxylation is 2. The Balaban J connectivity index is 2.22. The van der Waals surface area contributed by atoms with Gasteiger partial charge in [-0.05, 0) is 37.8 Å². The Hall–Kier alpha value is -0.760. The van der Waals surface area contributed by atoms with Crippen LogP contribution in [-0.2, 0) is 12.8 Å². The first-order valence-electron chi connectivity index (χ1n) is 5.50. The van der Waals surface area contributed by atoms with E-state index in [1.54, 1.807) is 0 Å². The van der Waals surface area contributed by atoms with Gasteiger partial charge in [0, 0.05) is 24.7 Å². The zero-order valence-corrected chi connectivity index (χ0v) is 10.1. The maximum atomic E-state index is 5.84. The van der Waals surface area contributed by atoms with Gasteiger partial charge in [0.2, 0.25) is 0 Å². The molecule has 0 saturated heterocycles. The van der Waals surface area contributed by atoms with Crippen molar-refractivity contribution in [3.05, 3.63) is 23.4 Å². The van der Waals surface area contributed by atoms with Crippen molar-refractivity contribution in [2.24, 2.45) is 0 Å². The molecule has 0 spiro atoms. The second-order valence-corrected chi connectivity index (χ2v) is 4.55. The first-order valence-corrected chi connectivity index (χ1v) is 6.03. The van der Waals surface area contributed by atoms with E-state index in [-0.39, 0.29) is 0 Å². The highest BCUT2D eigenvalue weighted by atomic mass is 35.5. The van der Waals surface area contributed by atoms with E-state index in [9.17, 15) is 0 Å². The van der Waals surface area contributed by atoms with Gasteiger partial charge in [-0.15, -0.1) is 11.6 Å². The van der Waals surface area contributed by atoms with Crippen molar-refractivity contribution in [1.29, 1.82) is 0 Å². The lowest BCUT2D eigenvalue weighted by atomic mass is 10.2. The number of hydrogen-bond donors (Lipinski definition) is 0. The summed E-state index contributed by atoms with van der Waals surface area (Å²) in [5.41, 5.74) is 2.70. The molecular formula is C12H17ClN2. The highest BCUT2D eigenvalue weighted by Gasteiger charge is 2.15. The lowest BCUT2D eigenvalue weighted by Gasteiger charge is -2.24. The Labute approximate surface area is 96.3 Å². The zero-order chi connectivity index (χ0) is 10.8. The maximum absolute atomic E-state index is 5.84. The highest BCUT2D eigenvalue weighted by molar-refractivity contribution is 6.18. The Bertz CT molecular complexity index is 351. The zero-order valence-electron chi connectivity index (χ0n) is 9.33. The quantitative estimate of drug-likeness (QED) is 0.734. The smallest absolute Gasteiger partial charge is 0.128 e. The molecule has 82 valence electrons. The van der Waals surface area contributed by atoms with Gasteiger partial charge < -0.3 is 4.90 Å². The molecule has 1 aliphatic rings. The summed E-state index contributed by atoms with van der Waals surface area (Å²) in [6.45, 7) is 2.11. The van der Waals surface area contributed by atoms with E-state index in [1.807, 2.05) is 0 Å². The largest absolute Gasteiger partial charge is 0.356 e. The summed E-state index contributed by atoms with van der Waals surface area (Å²) in [6.07, 6.45) is 3.57. The van der Waals surface area contributed by atoms with Crippen LogP contribution in [0.4, 0.5) is 5.82 Å². The molecule has 1 atom stereocenters. The SMILES string of the molecule is CC(CCl)N(C)c1ccc2c(n1)CCC2. The standard InChI is InChI=1S/C12H17ClN2/c1-9(8-13)15(2)12-7-6-10-4-3-5-11(10)14-12/h6-7,9H,3-5,8H2,1-2H3. The molecule has 1 heterocycles. The van der Waals surface area contributed by atoms with Crippen LogP contribution >= 0.6 is 11.6 Å². The van der Waals surface area contributed by atoms with Crippen molar-refractivity contribution in [3.8, 4) is 0 Å². The number of anilines is 1. The van der Waals surface area contributed by atoms with Gasteiger partial charge in [-0.1, -0.05) is 6.07 Å². The summed E-state index contributed by atoms with van der Waals surface area (Å²) >= 11 is 5.84. The van der Waals surface area contributed by atoms with E-state index in [0.717, 1.165) is 12.2 Å². The predicted octanol–water partition coefficient (Wildman–Crippen LogP) is 2.63. The molecule has 0 amide bonds. The molecule has 1 aromatic rings. The second-order valence-electron chi connectivity index (χ2n) is 4.24.